The van der Waals surface area contributed by atoms with Crippen molar-refractivity contribution < 1.29 is 14.3 Å². The second kappa shape index (κ2) is 4.14. The van der Waals surface area contributed by atoms with Crippen LogP contribution in [0.1, 0.15) is 10.6 Å². The molecule has 2 aromatic rings. The second-order valence-corrected chi connectivity index (χ2v) is 3.13. The minimum Gasteiger partial charge on any atom is -0.451 e. The van der Waals surface area contributed by atoms with Gasteiger partial charge in [-0.25, -0.2) is 0 Å². The Balaban J connectivity index is 2.25. The first kappa shape index (κ1) is 9.73. The predicted molar refractivity (Wildman–Crippen MR) is 55.6 cm³/mol. The van der Waals surface area contributed by atoms with E-state index in [2.05, 4.69) is 5.32 Å². The van der Waals surface area contributed by atoms with Gasteiger partial charge in [0.2, 0.25) is 0 Å². The van der Waals surface area contributed by atoms with Gasteiger partial charge in [0.25, 0.3) is 5.91 Å². The molecule has 4 heteroatoms. The van der Waals surface area contributed by atoms with Crippen molar-refractivity contribution in [1.29, 1.82) is 0 Å². The largest absolute Gasteiger partial charge is 0.451 e. The van der Waals surface area contributed by atoms with Crippen molar-refractivity contribution in [3.8, 4) is 0 Å². The number of rotatable bonds is 3. The first-order chi connectivity index (χ1) is 7.31. The van der Waals surface area contributed by atoms with E-state index >= 15 is 0 Å². The summed E-state index contributed by atoms with van der Waals surface area (Å²) in [6.07, 6.45) is 0. The van der Waals surface area contributed by atoms with Gasteiger partial charge in [-0.1, -0.05) is 18.2 Å². The quantitative estimate of drug-likeness (QED) is 0.790. The van der Waals surface area contributed by atoms with E-state index in [0.717, 1.165) is 5.39 Å². The number of hydrogen-bond acceptors (Lipinski definition) is 3. The van der Waals surface area contributed by atoms with Gasteiger partial charge < -0.3 is 14.8 Å². The number of hydrogen-bond donors (Lipinski definition) is 2. The van der Waals surface area contributed by atoms with Gasteiger partial charge in [0.05, 0.1) is 6.61 Å². The number of nitrogens with one attached hydrogen (secondary N) is 1. The third-order valence-electron chi connectivity index (χ3n) is 2.05. The number of carbonyl (C=O) groups excluding carboxylic acids is 1. The van der Waals surface area contributed by atoms with Gasteiger partial charge in [-0.15, -0.1) is 0 Å². The maximum Gasteiger partial charge on any atom is 0.287 e. The van der Waals surface area contributed by atoms with Crippen LogP contribution in [0.15, 0.2) is 34.7 Å². The fraction of sp³-hybridized carbons (Fsp3) is 0.182. The molecule has 1 aromatic heterocycles. The Hall–Kier alpha value is -1.81. The topological polar surface area (TPSA) is 62.5 Å². The molecule has 2 rings (SSSR count). The standard InChI is InChI=1S/C11H11NO3/c13-6-5-12-11(14)10-7-8-3-1-2-4-9(8)15-10/h1-4,7,13H,5-6H2,(H,12,14). The summed E-state index contributed by atoms with van der Waals surface area (Å²) in [5, 5.41) is 12.0. The highest BCUT2D eigenvalue weighted by molar-refractivity contribution is 5.95. The van der Waals surface area contributed by atoms with Crippen molar-refractivity contribution in [2.75, 3.05) is 13.2 Å². The number of para-hydroxylation sites is 1. The van der Waals surface area contributed by atoms with E-state index in [-0.39, 0.29) is 24.8 Å². The number of aliphatic hydroxyl groups excluding tert-OH is 1. The third-order valence-corrected chi connectivity index (χ3v) is 2.05. The Kier molecular flexibility index (Phi) is 2.69. The molecule has 0 unspecified atom stereocenters. The third kappa shape index (κ3) is 1.99. The lowest BCUT2D eigenvalue weighted by atomic mass is 10.2. The lowest BCUT2D eigenvalue weighted by Crippen LogP contribution is -2.25. The Morgan fingerprint density at radius 3 is 2.93 bits per heavy atom. The fourth-order valence-corrected chi connectivity index (χ4v) is 1.35. The molecule has 0 aliphatic carbocycles. The smallest absolute Gasteiger partial charge is 0.287 e. The minimum atomic E-state index is -0.305. The van der Waals surface area contributed by atoms with Crippen LogP contribution in [-0.4, -0.2) is 24.2 Å². The monoisotopic (exact) mass is 205 g/mol. The van der Waals surface area contributed by atoms with Gasteiger partial charge in [-0.05, 0) is 12.1 Å². The zero-order valence-corrected chi connectivity index (χ0v) is 8.06. The molecule has 4 nitrogen and oxygen atoms in total. The molecular formula is C11H11NO3. The zero-order chi connectivity index (χ0) is 10.7. The van der Waals surface area contributed by atoms with E-state index in [1.165, 1.54) is 0 Å². The molecule has 2 N–H and O–H groups in total. The van der Waals surface area contributed by atoms with E-state index in [9.17, 15) is 4.79 Å². The van der Waals surface area contributed by atoms with Gasteiger partial charge in [0.1, 0.15) is 5.58 Å². The molecule has 1 amide bonds. The summed E-state index contributed by atoms with van der Waals surface area (Å²) in [5.74, 6) is -0.0371. The highest BCUT2D eigenvalue weighted by atomic mass is 16.3. The maximum absolute atomic E-state index is 11.5. The molecule has 0 saturated heterocycles. The van der Waals surface area contributed by atoms with Gasteiger partial charge in [0.15, 0.2) is 5.76 Å². The molecule has 0 spiro atoms. The van der Waals surface area contributed by atoms with Crippen molar-refractivity contribution in [3.05, 3.63) is 36.1 Å². The summed E-state index contributed by atoms with van der Waals surface area (Å²) in [6.45, 7) is 0.155. The van der Waals surface area contributed by atoms with Gasteiger partial charge in [-0.3, -0.25) is 4.79 Å². The Labute approximate surface area is 86.5 Å². The normalized spacial score (nSPS) is 10.5. The lowest BCUT2D eigenvalue weighted by Gasteiger charge is -1.97. The van der Waals surface area contributed by atoms with Crippen molar-refractivity contribution in [3.63, 3.8) is 0 Å². The number of aliphatic hydroxyl groups is 1. The molecule has 0 aliphatic rings. The van der Waals surface area contributed by atoms with Crippen molar-refractivity contribution >= 4 is 16.9 Å². The fourth-order valence-electron chi connectivity index (χ4n) is 1.35. The van der Waals surface area contributed by atoms with Crippen molar-refractivity contribution in [2.24, 2.45) is 0 Å². The minimum absolute atomic E-state index is 0.0774. The highest BCUT2D eigenvalue weighted by Gasteiger charge is 2.10. The highest BCUT2D eigenvalue weighted by Crippen LogP contribution is 2.18. The van der Waals surface area contributed by atoms with Crippen LogP contribution in [0.2, 0.25) is 0 Å². The molecule has 0 atom stereocenters. The average Bonchev–Trinajstić information content (AvgIpc) is 2.69. The van der Waals surface area contributed by atoms with Crippen molar-refractivity contribution in [2.45, 2.75) is 0 Å². The molecule has 0 radical (unpaired) electrons. The van der Waals surface area contributed by atoms with E-state index < -0.39 is 0 Å². The number of amides is 1. The Morgan fingerprint density at radius 2 is 2.20 bits per heavy atom. The van der Waals surface area contributed by atoms with E-state index in [1.54, 1.807) is 12.1 Å². The number of fused-ring (bicyclic) bond motifs is 1. The van der Waals surface area contributed by atoms with Crippen LogP contribution < -0.4 is 5.32 Å². The molecule has 0 bridgehead atoms. The van der Waals surface area contributed by atoms with E-state index in [1.807, 2.05) is 18.2 Å². The molecule has 0 aliphatic heterocycles. The van der Waals surface area contributed by atoms with Crippen LogP contribution in [0.4, 0.5) is 0 Å². The summed E-state index contributed by atoms with van der Waals surface area (Å²) in [4.78, 5) is 11.5. The van der Waals surface area contributed by atoms with Gasteiger partial charge in [-0.2, -0.15) is 0 Å². The molecular weight excluding hydrogens is 194 g/mol. The first-order valence-electron chi connectivity index (χ1n) is 4.69. The van der Waals surface area contributed by atoms with Crippen LogP contribution in [0.3, 0.4) is 0 Å². The molecule has 1 heterocycles. The van der Waals surface area contributed by atoms with E-state index in [0.29, 0.717) is 5.58 Å². The molecule has 0 saturated carbocycles. The van der Waals surface area contributed by atoms with Crippen LogP contribution in [-0.2, 0) is 0 Å². The number of carbonyl (C=O) groups is 1. The first-order valence-corrected chi connectivity index (χ1v) is 4.69. The van der Waals surface area contributed by atoms with Gasteiger partial charge in [0, 0.05) is 11.9 Å². The summed E-state index contributed by atoms with van der Waals surface area (Å²) in [5.41, 5.74) is 0.687. The lowest BCUT2D eigenvalue weighted by molar-refractivity contribution is 0.0919. The summed E-state index contributed by atoms with van der Waals surface area (Å²) < 4.78 is 5.33. The predicted octanol–water partition coefficient (Wildman–Crippen LogP) is 1.15. The maximum atomic E-state index is 11.5. The summed E-state index contributed by atoms with van der Waals surface area (Å²) in [6, 6.07) is 9.09. The average molecular weight is 205 g/mol. The van der Waals surface area contributed by atoms with Crippen LogP contribution in [0, 0.1) is 0 Å². The van der Waals surface area contributed by atoms with Crippen molar-refractivity contribution in [1.82, 2.24) is 5.32 Å². The van der Waals surface area contributed by atoms with Gasteiger partial charge >= 0.3 is 0 Å². The van der Waals surface area contributed by atoms with Crippen LogP contribution >= 0.6 is 0 Å². The number of benzene rings is 1. The summed E-state index contributed by atoms with van der Waals surface area (Å²) in [7, 11) is 0. The van der Waals surface area contributed by atoms with E-state index in [4.69, 9.17) is 9.52 Å². The summed E-state index contributed by atoms with van der Waals surface area (Å²) >= 11 is 0. The molecule has 0 fully saturated rings. The molecule has 15 heavy (non-hydrogen) atoms. The van der Waals surface area contributed by atoms with Crippen LogP contribution in [0.5, 0.6) is 0 Å². The Morgan fingerprint density at radius 1 is 1.40 bits per heavy atom. The molecule has 78 valence electrons. The zero-order valence-electron chi connectivity index (χ0n) is 8.06. The number of furan rings is 1. The Bertz CT molecular complexity index is 442. The SMILES string of the molecule is O=C(NCCO)c1cc2ccccc2o1. The second-order valence-electron chi connectivity index (χ2n) is 3.13. The molecule has 1 aromatic carbocycles. The van der Waals surface area contributed by atoms with Crippen LogP contribution in [0.25, 0.3) is 11.0 Å².